The number of Topliss-reactive ketones (excluding diaryl/α,β-unsaturated/α-hetero) is 1. The van der Waals surface area contributed by atoms with Gasteiger partial charge in [0.15, 0.2) is 5.78 Å². The van der Waals surface area contributed by atoms with E-state index in [1.807, 2.05) is 6.92 Å². The molecule has 60 valence electrons. The van der Waals surface area contributed by atoms with Crippen LogP contribution in [0.4, 0.5) is 0 Å². The molecule has 1 aliphatic rings. The zero-order chi connectivity index (χ0) is 8.43. The topological polar surface area (TPSA) is 37.4 Å². The van der Waals surface area contributed by atoms with E-state index in [0.29, 0.717) is 0 Å². The van der Waals surface area contributed by atoms with Crippen molar-refractivity contribution in [2.75, 3.05) is 6.54 Å². The summed E-state index contributed by atoms with van der Waals surface area (Å²) in [5.41, 5.74) is 0.737. The smallest absolute Gasteiger partial charge is 0.234 e. The molecule has 1 aliphatic heterocycles. The summed E-state index contributed by atoms with van der Waals surface area (Å²) < 4.78 is 0. The van der Waals surface area contributed by atoms with E-state index in [1.54, 1.807) is 0 Å². The summed E-state index contributed by atoms with van der Waals surface area (Å²) >= 11 is 0. The van der Waals surface area contributed by atoms with Gasteiger partial charge in [-0.05, 0) is 6.42 Å². The van der Waals surface area contributed by atoms with Crippen molar-refractivity contribution in [2.24, 2.45) is 0 Å². The van der Waals surface area contributed by atoms with Crippen LogP contribution in [0.2, 0.25) is 0 Å². The second-order valence-corrected chi connectivity index (χ2v) is 2.62. The highest BCUT2D eigenvalue weighted by atomic mass is 16.2. The van der Waals surface area contributed by atoms with Crippen LogP contribution in [-0.4, -0.2) is 23.1 Å². The highest BCUT2D eigenvalue weighted by Crippen LogP contribution is 2.14. The van der Waals surface area contributed by atoms with Gasteiger partial charge in [-0.25, -0.2) is 0 Å². The Hall–Kier alpha value is -1.12. The van der Waals surface area contributed by atoms with Crippen LogP contribution in [0.15, 0.2) is 12.3 Å². The van der Waals surface area contributed by atoms with Gasteiger partial charge in [-0.1, -0.05) is 13.5 Å². The van der Waals surface area contributed by atoms with E-state index < -0.39 is 0 Å². The van der Waals surface area contributed by atoms with E-state index in [9.17, 15) is 9.59 Å². The number of carbonyl (C=O) groups excluding carboxylic acids is 2. The molecule has 3 heteroatoms. The van der Waals surface area contributed by atoms with E-state index in [1.165, 1.54) is 4.90 Å². The third-order valence-corrected chi connectivity index (χ3v) is 1.77. The summed E-state index contributed by atoms with van der Waals surface area (Å²) in [6, 6.07) is 0. The minimum atomic E-state index is -0.109. The first kappa shape index (κ1) is 7.98. The van der Waals surface area contributed by atoms with Crippen LogP contribution < -0.4 is 0 Å². The highest BCUT2D eigenvalue weighted by molar-refractivity contribution is 6.06. The molecule has 0 N–H and O–H groups in total. The van der Waals surface area contributed by atoms with Gasteiger partial charge >= 0.3 is 0 Å². The third-order valence-electron chi connectivity index (χ3n) is 1.77. The largest absolute Gasteiger partial charge is 0.309 e. The van der Waals surface area contributed by atoms with Crippen LogP contribution in [0.3, 0.4) is 0 Å². The molecule has 1 fully saturated rings. The second kappa shape index (κ2) is 2.86. The lowest BCUT2D eigenvalue weighted by Crippen LogP contribution is -2.23. The average Bonchev–Trinajstić information content (AvgIpc) is 2.28. The molecule has 0 spiro atoms. The number of amides is 1. The van der Waals surface area contributed by atoms with Crippen molar-refractivity contribution in [3.8, 4) is 0 Å². The van der Waals surface area contributed by atoms with Crippen LogP contribution in [-0.2, 0) is 9.59 Å². The fourth-order valence-electron chi connectivity index (χ4n) is 1.06. The molecule has 0 aromatic carbocycles. The summed E-state index contributed by atoms with van der Waals surface area (Å²) in [6.45, 7) is 5.84. The quantitative estimate of drug-likeness (QED) is 0.548. The predicted molar refractivity (Wildman–Crippen MR) is 40.8 cm³/mol. The Balaban J connectivity index is 2.67. The Labute approximate surface area is 65.7 Å². The predicted octanol–water partition coefficient (Wildman–Crippen LogP) is 0.712. The van der Waals surface area contributed by atoms with Crippen LogP contribution in [0, 0.1) is 0 Å². The summed E-state index contributed by atoms with van der Waals surface area (Å²) in [7, 11) is 0. The molecule has 0 saturated carbocycles. The second-order valence-electron chi connectivity index (χ2n) is 2.62. The van der Waals surface area contributed by atoms with E-state index in [0.717, 1.165) is 12.1 Å². The fourth-order valence-corrected chi connectivity index (χ4v) is 1.06. The standard InChI is InChI=1S/C8H11NO2/c1-3-6(2)9-5-7(10)4-8(9)11/h2-5H2,1H3. The van der Waals surface area contributed by atoms with Gasteiger partial charge in [-0.2, -0.15) is 0 Å². The molecule has 1 heterocycles. The molecule has 3 nitrogen and oxygen atoms in total. The van der Waals surface area contributed by atoms with Gasteiger partial charge in [0.1, 0.15) is 0 Å². The first-order chi connectivity index (χ1) is 5.15. The van der Waals surface area contributed by atoms with Gasteiger partial charge in [0, 0.05) is 5.70 Å². The maximum atomic E-state index is 11.0. The summed E-state index contributed by atoms with van der Waals surface area (Å²) in [5, 5.41) is 0. The van der Waals surface area contributed by atoms with Crippen molar-refractivity contribution in [3.05, 3.63) is 12.3 Å². The minimum Gasteiger partial charge on any atom is -0.309 e. The van der Waals surface area contributed by atoms with Crippen molar-refractivity contribution in [3.63, 3.8) is 0 Å². The molecule has 0 bridgehead atoms. The molecular formula is C8H11NO2. The van der Waals surface area contributed by atoms with Crippen molar-refractivity contribution >= 4 is 11.7 Å². The van der Waals surface area contributed by atoms with Crippen LogP contribution >= 0.6 is 0 Å². The zero-order valence-corrected chi connectivity index (χ0v) is 6.59. The number of nitrogens with zero attached hydrogens (tertiary/aromatic N) is 1. The number of likely N-dealkylation sites (tertiary alicyclic amines) is 1. The van der Waals surface area contributed by atoms with Gasteiger partial charge in [-0.3, -0.25) is 9.59 Å². The lowest BCUT2D eigenvalue weighted by atomic mass is 10.3. The molecule has 0 aliphatic carbocycles. The van der Waals surface area contributed by atoms with E-state index in [4.69, 9.17) is 0 Å². The molecule has 0 radical (unpaired) electrons. The van der Waals surface area contributed by atoms with Gasteiger partial charge in [0.2, 0.25) is 5.91 Å². The molecular weight excluding hydrogens is 142 g/mol. The summed E-state index contributed by atoms with van der Waals surface area (Å²) in [4.78, 5) is 23.3. The van der Waals surface area contributed by atoms with Crippen molar-refractivity contribution in [1.82, 2.24) is 4.90 Å². The molecule has 1 rings (SSSR count). The number of hydrogen-bond donors (Lipinski definition) is 0. The number of rotatable bonds is 2. The Morgan fingerprint density at radius 3 is 2.64 bits per heavy atom. The van der Waals surface area contributed by atoms with Crippen LogP contribution in [0.5, 0.6) is 0 Å². The third kappa shape index (κ3) is 1.48. The van der Waals surface area contributed by atoms with E-state index in [2.05, 4.69) is 6.58 Å². The average molecular weight is 153 g/mol. The summed E-state index contributed by atoms with van der Waals surface area (Å²) in [6.07, 6.45) is 0.776. The first-order valence-electron chi connectivity index (χ1n) is 3.65. The van der Waals surface area contributed by atoms with Crippen LogP contribution in [0.25, 0.3) is 0 Å². The molecule has 0 unspecified atom stereocenters. The maximum Gasteiger partial charge on any atom is 0.234 e. The number of allylic oxidation sites excluding steroid dienone is 1. The zero-order valence-electron chi connectivity index (χ0n) is 6.59. The van der Waals surface area contributed by atoms with Gasteiger partial charge < -0.3 is 4.90 Å². The Bertz CT molecular complexity index is 220. The Morgan fingerprint density at radius 2 is 2.27 bits per heavy atom. The molecule has 1 amide bonds. The normalized spacial score (nSPS) is 17.7. The lowest BCUT2D eigenvalue weighted by Gasteiger charge is -2.15. The highest BCUT2D eigenvalue weighted by Gasteiger charge is 2.28. The Kier molecular flexibility index (Phi) is 2.08. The first-order valence-corrected chi connectivity index (χ1v) is 3.65. The van der Waals surface area contributed by atoms with Gasteiger partial charge in [0.05, 0.1) is 13.0 Å². The maximum absolute atomic E-state index is 11.0. The fraction of sp³-hybridized carbons (Fsp3) is 0.500. The van der Waals surface area contributed by atoms with Crippen molar-refractivity contribution in [1.29, 1.82) is 0 Å². The lowest BCUT2D eigenvalue weighted by molar-refractivity contribution is -0.126. The van der Waals surface area contributed by atoms with Gasteiger partial charge in [-0.15, -0.1) is 0 Å². The summed E-state index contributed by atoms with van der Waals surface area (Å²) in [5.74, 6) is -0.119. The van der Waals surface area contributed by atoms with Gasteiger partial charge in [0.25, 0.3) is 0 Å². The van der Waals surface area contributed by atoms with Crippen molar-refractivity contribution < 1.29 is 9.59 Å². The number of ketones is 1. The van der Waals surface area contributed by atoms with Crippen molar-refractivity contribution in [2.45, 2.75) is 19.8 Å². The number of hydrogen-bond acceptors (Lipinski definition) is 2. The molecule has 1 saturated heterocycles. The van der Waals surface area contributed by atoms with E-state index in [-0.39, 0.29) is 24.7 Å². The molecule has 11 heavy (non-hydrogen) atoms. The molecule has 0 aromatic rings. The Morgan fingerprint density at radius 1 is 1.64 bits per heavy atom. The minimum absolute atomic E-state index is 0.00963. The molecule has 0 atom stereocenters. The monoisotopic (exact) mass is 153 g/mol. The van der Waals surface area contributed by atoms with Crippen LogP contribution in [0.1, 0.15) is 19.8 Å². The molecule has 0 aromatic heterocycles. The number of carbonyl (C=O) groups is 2. The SMILES string of the molecule is C=C(CC)N1CC(=O)CC1=O. The van der Waals surface area contributed by atoms with E-state index >= 15 is 0 Å².